The Balaban J connectivity index is 2.20. The van der Waals surface area contributed by atoms with Gasteiger partial charge in [-0.3, -0.25) is 0 Å². The number of nitrogens with zero attached hydrogens (tertiary/aromatic N) is 2. The maximum Gasteiger partial charge on any atom is 0.233 e. The third-order valence-corrected chi connectivity index (χ3v) is 5.00. The molecule has 0 spiro atoms. The predicted molar refractivity (Wildman–Crippen MR) is 68.6 cm³/mol. The fraction of sp³-hybridized carbons (Fsp3) is 0.818. The Kier molecular flexibility index (Phi) is 4.22. The summed E-state index contributed by atoms with van der Waals surface area (Å²) in [6.07, 6.45) is 2.02. The minimum atomic E-state index is -3.22. The number of nitrogens with one attached hydrogen (secondary N) is 1. The van der Waals surface area contributed by atoms with Gasteiger partial charge >= 0.3 is 0 Å². The van der Waals surface area contributed by atoms with Gasteiger partial charge in [-0.25, -0.2) is 8.42 Å². The van der Waals surface area contributed by atoms with Crippen LogP contribution in [0.25, 0.3) is 0 Å². The van der Waals surface area contributed by atoms with Crippen molar-refractivity contribution in [2.75, 3.05) is 26.5 Å². The summed E-state index contributed by atoms with van der Waals surface area (Å²) in [6.45, 7) is 2.75. The lowest BCUT2D eigenvalue weighted by molar-refractivity contribution is 0.0516. The summed E-state index contributed by atoms with van der Waals surface area (Å²) in [5.41, 5.74) is 0. The first-order valence-electron chi connectivity index (χ1n) is 6.21. The average molecular weight is 289 g/mol. The molecule has 1 N–H and O–H groups in total. The van der Waals surface area contributed by atoms with Gasteiger partial charge in [0.15, 0.2) is 15.7 Å². The lowest BCUT2D eigenvalue weighted by Gasteiger charge is -2.28. The van der Waals surface area contributed by atoms with Crippen molar-refractivity contribution in [2.45, 2.75) is 30.6 Å². The molecule has 2 rings (SSSR count). The van der Waals surface area contributed by atoms with Crippen LogP contribution >= 0.6 is 0 Å². The van der Waals surface area contributed by atoms with E-state index >= 15 is 0 Å². The van der Waals surface area contributed by atoms with E-state index in [-0.39, 0.29) is 17.8 Å². The molecular formula is C11H19N3O4S. The monoisotopic (exact) mass is 289 g/mol. The lowest BCUT2D eigenvalue weighted by atomic mass is 9.96. The van der Waals surface area contributed by atoms with E-state index in [1.807, 2.05) is 7.05 Å². The molecule has 0 amide bonds. The van der Waals surface area contributed by atoms with Crippen LogP contribution in [0.3, 0.4) is 0 Å². The molecule has 8 heteroatoms. The molecule has 1 saturated heterocycles. The zero-order chi connectivity index (χ0) is 14.0. The standard InChI is InChI=1S/C11H19N3O4S/c1-7(19(3,15)16)10-13-11(18-14-10)8-6-17-5-4-9(8)12-2/h7-9,12H,4-6H2,1-3H3. The zero-order valence-corrected chi connectivity index (χ0v) is 12.1. The third-order valence-electron chi connectivity index (χ3n) is 3.51. The summed E-state index contributed by atoms with van der Waals surface area (Å²) < 4.78 is 33.6. The van der Waals surface area contributed by atoms with E-state index in [2.05, 4.69) is 15.5 Å². The Bertz CT molecular complexity index is 528. The smallest absolute Gasteiger partial charge is 0.233 e. The number of likely N-dealkylation sites (N-methyl/N-ethyl adjacent to an activating group) is 1. The largest absolute Gasteiger partial charge is 0.381 e. The van der Waals surface area contributed by atoms with Gasteiger partial charge < -0.3 is 14.6 Å². The summed E-state index contributed by atoms with van der Waals surface area (Å²) in [5.74, 6) is 0.606. The van der Waals surface area contributed by atoms with E-state index < -0.39 is 15.1 Å². The van der Waals surface area contributed by atoms with Crippen LogP contribution in [0.5, 0.6) is 0 Å². The summed E-state index contributed by atoms with van der Waals surface area (Å²) >= 11 is 0. The molecule has 0 aromatic carbocycles. The van der Waals surface area contributed by atoms with Gasteiger partial charge in [-0.15, -0.1) is 0 Å². The molecule has 7 nitrogen and oxygen atoms in total. The highest BCUT2D eigenvalue weighted by Gasteiger charge is 2.32. The van der Waals surface area contributed by atoms with Crippen LogP contribution < -0.4 is 5.32 Å². The van der Waals surface area contributed by atoms with Crippen LogP contribution in [0.2, 0.25) is 0 Å². The molecule has 1 aliphatic rings. The molecule has 1 aromatic rings. The van der Waals surface area contributed by atoms with Crippen molar-refractivity contribution >= 4 is 9.84 Å². The van der Waals surface area contributed by atoms with E-state index in [0.29, 0.717) is 19.1 Å². The molecule has 3 atom stereocenters. The molecular weight excluding hydrogens is 270 g/mol. The second kappa shape index (κ2) is 5.56. The lowest BCUT2D eigenvalue weighted by Crippen LogP contribution is -2.39. The zero-order valence-electron chi connectivity index (χ0n) is 11.3. The SMILES string of the molecule is CNC1CCOCC1c1nc(C(C)S(C)(=O)=O)no1. The van der Waals surface area contributed by atoms with Crippen molar-refractivity contribution in [2.24, 2.45) is 0 Å². The van der Waals surface area contributed by atoms with Crippen LogP contribution in [-0.2, 0) is 14.6 Å². The van der Waals surface area contributed by atoms with Gasteiger partial charge in [0.1, 0.15) is 5.25 Å². The van der Waals surface area contributed by atoms with E-state index in [9.17, 15) is 8.42 Å². The third kappa shape index (κ3) is 3.13. The van der Waals surface area contributed by atoms with E-state index in [1.54, 1.807) is 6.92 Å². The molecule has 19 heavy (non-hydrogen) atoms. The first-order chi connectivity index (χ1) is 8.93. The van der Waals surface area contributed by atoms with Gasteiger partial charge in [0.25, 0.3) is 0 Å². The Morgan fingerprint density at radius 3 is 2.84 bits per heavy atom. The minimum Gasteiger partial charge on any atom is -0.381 e. The highest BCUT2D eigenvalue weighted by Crippen LogP contribution is 2.26. The number of ether oxygens (including phenoxy) is 1. The average Bonchev–Trinajstić information content (AvgIpc) is 2.86. The van der Waals surface area contributed by atoms with Gasteiger partial charge in [-0.1, -0.05) is 5.16 Å². The van der Waals surface area contributed by atoms with Crippen LogP contribution in [0, 0.1) is 0 Å². The fourth-order valence-electron chi connectivity index (χ4n) is 2.08. The van der Waals surface area contributed by atoms with Crippen molar-refractivity contribution in [1.82, 2.24) is 15.5 Å². The highest BCUT2D eigenvalue weighted by atomic mass is 32.2. The minimum absolute atomic E-state index is 0.0354. The molecule has 0 bridgehead atoms. The normalized spacial score (nSPS) is 26.3. The fourth-order valence-corrected chi connectivity index (χ4v) is 2.56. The molecule has 1 aromatic heterocycles. The topological polar surface area (TPSA) is 94.3 Å². The van der Waals surface area contributed by atoms with Crippen LogP contribution in [0.4, 0.5) is 0 Å². The van der Waals surface area contributed by atoms with Gasteiger partial charge in [-0.2, -0.15) is 4.98 Å². The Hall–Kier alpha value is -0.990. The molecule has 1 fully saturated rings. The Labute approximate surface area is 112 Å². The van der Waals surface area contributed by atoms with Crippen molar-refractivity contribution in [3.8, 4) is 0 Å². The van der Waals surface area contributed by atoms with E-state index in [1.165, 1.54) is 0 Å². The van der Waals surface area contributed by atoms with Gasteiger partial charge in [0.2, 0.25) is 5.89 Å². The summed E-state index contributed by atoms with van der Waals surface area (Å²) in [6, 6.07) is 0.204. The Morgan fingerprint density at radius 1 is 1.47 bits per heavy atom. The van der Waals surface area contributed by atoms with Crippen molar-refractivity contribution in [3.63, 3.8) is 0 Å². The van der Waals surface area contributed by atoms with Crippen LogP contribution in [-0.4, -0.2) is 51.1 Å². The molecule has 2 heterocycles. The maximum atomic E-state index is 11.5. The number of rotatable bonds is 4. The first kappa shape index (κ1) is 14.4. The van der Waals surface area contributed by atoms with Crippen molar-refractivity contribution < 1.29 is 17.7 Å². The van der Waals surface area contributed by atoms with Gasteiger partial charge in [0.05, 0.1) is 12.5 Å². The molecule has 0 aliphatic carbocycles. The number of aromatic nitrogens is 2. The van der Waals surface area contributed by atoms with Gasteiger partial charge in [-0.05, 0) is 20.4 Å². The molecule has 108 valence electrons. The van der Waals surface area contributed by atoms with Gasteiger partial charge in [0, 0.05) is 18.9 Å². The quantitative estimate of drug-likeness (QED) is 0.850. The second-order valence-electron chi connectivity index (χ2n) is 4.83. The number of sulfone groups is 1. The summed E-state index contributed by atoms with van der Waals surface area (Å²) in [5, 5.41) is 6.21. The second-order valence-corrected chi connectivity index (χ2v) is 7.19. The Morgan fingerprint density at radius 2 is 2.21 bits per heavy atom. The molecule has 0 radical (unpaired) electrons. The molecule has 0 saturated carbocycles. The van der Waals surface area contributed by atoms with Crippen LogP contribution in [0.1, 0.15) is 36.2 Å². The summed E-state index contributed by atoms with van der Waals surface area (Å²) in [4.78, 5) is 4.22. The predicted octanol–water partition coefficient (Wildman–Crippen LogP) is 0.267. The van der Waals surface area contributed by atoms with Crippen molar-refractivity contribution in [1.29, 1.82) is 0 Å². The van der Waals surface area contributed by atoms with E-state index in [4.69, 9.17) is 9.26 Å². The molecule has 1 aliphatic heterocycles. The first-order valence-corrected chi connectivity index (χ1v) is 8.16. The molecule has 3 unspecified atom stereocenters. The number of hydrogen-bond acceptors (Lipinski definition) is 7. The van der Waals surface area contributed by atoms with Crippen LogP contribution in [0.15, 0.2) is 4.52 Å². The number of hydrogen-bond donors (Lipinski definition) is 1. The van der Waals surface area contributed by atoms with E-state index in [0.717, 1.165) is 12.7 Å². The highest BCUT2D eigenvalue weighted by molar-refractivity contribution is 7.90. The van der Waals surface area contributed by atoms with Crippen molar-refractivity contribution in [3.05, 3.63) is 11.7 Å². The summed E-state index contributed by atoms with van der Waals surface area (Å²) in [7, 11) is -1.35. The maximum absolute atomic E-state index is 11.5.